The molecule has 0 atom stereocenters. The van der Waals surface area contributed by atoms with Gasteiger partial charge in [0.15, 0.2) is 6.61 Å². The summed E-state index contributed by atoms with van der Waals surface area (Å²) in [6.45, 7) is 2.78. The number of halogens is 1. The van der Waals surface area contributed by atoms with Gasteiger partial charge in [-0.2, -0.15) is 5.26 Å². The molecule has 2 N–H and O–H groups in total. The molecular weight excluding hydrogens is 353 g/mol. The summed E-state index contributed by atoms with van der Waals surface area (Å²) in [5, 5.41) is 11.4. The summed E-state index contributed by atoms with van der Waals surface area (Å²) in [6, 6.07) is 7.49. The van der Waals surface area contributed by atoms with Gasteiger partial charge in [0.05, 0.1) is 5.69 Å². The van der Waals surface area contributed by atoms with E-state index in [2.05, 4.69) is 10.3 Å². The van der Waals surface area contributed by atoms with Gasteiger partial charge in [0.25, 0.3) is 11.5 Å². The Labute approximate surface area is 154 Å². The smallest absolute Gasteiger partial charge is 0.306 e. The number of esters is 1. The highest BCUT2D eigenvalue weighted by Gasteiger charge is 2.15. The molecule has 0 radical (unpaired) electrons. The van der Waals surface area contributed by atoms with E-state index >= 15 is 0 Å². The zero-order chi connectivity index (χ0) is 20.0. The maximum Gasteiger partial charge on any atom is 0.306 e. The largest absolute Gasteiger partial charge is 0.456 e. The fourth-order valence-electron chi connectivity index (χ4n) is 2.61. The number of aromatic nitrogens is 1. The molecule has 8 heteroatoms. The first-order chi connectivity index (χ1) is 12.8. The molecule has 0 aliphatic heterocycles. The summed E-state index contributed by atoms with van der Waals surface area (Å²) in [5.74, 6) is -1.87. The third-order valence-corrected chi connectivity index (χ3v) is 4.01. The Kier molecular flexibility index (Phi) is 6.44. The first-order valence-electron chi connectivity index (χ1n) is 8.16. The maximum absolute atomic E-state index is 13.5. The summed E-state index contributed by atoms with van der Waals surface area (Å²) in [5.41, 5.74) is 1.31. The standard InChI is InChI=1S/C19H18FN3O4/c1-11-13(12(2)22-19(26)14(11)9-21)7-8-18(25)27-10-17(24)23-16-6-4-3-5-15(16)20/h3-6H,7-8,10H2,1-2H3,(H,22,26)(H,23,24). The van der Waals surface area contributed by atoms with Gasteiger partial charge in [-0.3, -0.25) is 14.4 Å². The fourth-order valence-corrected chi connectivity index (χ4v) is 2.61. The van der Waals surface area contributed by atoms with Crippen molar-refractivity contribution in [2.75, 3.05) is 11.9 Å². The average Bonchev–Trinajstić information content (AvgIpc) is 2.62. The van der Waals surface area contributed by atoms with Gasteiger partial charge in [0.2, 0.25) is 0 Å². The van der Waals surface area contributed by atoms with E-state index in [0.29, 0.717) is 16.8 Å². The number of carbonyl (C=O) groups is 2. The molecule has 1 amide bonds. The molecule has 27 heavy (non-hydrogen) atoms. The Morgan fingerprint density at radius 2 is 2.00 bits per heavy atom. The third kappa shape index (κ3) is 5.01. The van der Waals surface area contributed by atoms with Crippen molar-refractivity contribution in [3.63, 3.8) is 0 Å². The predicted molar refractivity (Wildman–Crippen MR) is 95.6 cm³/mol. The molecule has 0 aliphatic rings. The molecule has 0 bridgehead atoms. The second kappa shape index (κ2) is 8.76. The van der Waals surface area contributed by atoms with E-state index < -0.39 is 29.9 Å². The van der Waals surface area contributed by atoms with Crippen LogP contribution in [0.3, 0.4) is 0 Å². The molecular formula is C19H18FN3O4. The number of ether oxygens (including phenoxy) is 1. The van der Waals surface area contributed by atoms with E-state index in [1.54, 1.807) is 19.9 Å². The minimum atomic E-state index is -0.656. The highest BCUT2D eigenvalue weighted by molar-refractivity contribution is 5.92. The monoisotopic (exact) mass is 371 g/mol. The quantitative estimate of drug-likeness (QED) is 0.756. The molecule has 0 saturated carbocycles. The minimum absolute atomic E-state index is 0.00192. The van der Waals surface area contributed by atoms with E-state index in [-0.39, 0.29) is 24.1 Å². The van der Waals surface area contributed by atoms with Crippen LogP contribution >= 0.6 is 0 Å². The maximum atomic E-state index is 13.5. The number of hydrogen-bond acceptors (Lipinski definition) is 5. The Morgan fingerprint density at radius 3 is 2.67 bits per heavy atom. The summed E-state index contributed by atoms with van der Waals surface area (Å²) < 4.78 is 18.3. The minimum Gasteiger partial charge on any atom is -0.456 e. The van der Waals surface area contributed by atoms with Crippen LogP contribution in [0.2, 0.25) is 0 Å². The number of rotatable bonds is 6. The van der Waals surface area contributed by atoms with Gasteiger partial charge < -0.3 is 15.0 Å². The van der Waals surface area contributed by atoms with E-state index in [1.807, 2.05) is 6.07 Å². The number of nitrogens with zero attached hydrogens (tertiary/aromatic N) is 1. The van der Waals surface area contributed by atoms with E-state index in [1.165, 1.54) is 18.2 Å². The lowest BCUT2D eigenvalue weighted by atomic mass is 9.99. The van der Waals surface area contributed by atoms with Crippen molar-refractivity contribution >= 4 is 17.6 Å². The van der Waals surface area contributed by atoms with Gasteiger partial charge in [-0.1, -0.05) is 12.1 Å². The number of pyridine rings is 1. The molecule has 140 valence electrons. The number of benzene rings is 1. The molecule has 1 heterocycles. The average molecular weight is 371 g/mol. The number of aryl methyl sites for hydroxylation is 1. The van der Waals surface area contributed by atoms with Crippen molar-refractivity contribution in [3.05, 3.63) is 62.8 Å². The normalized spacial score (nSPS) is 10.1. The van der Waals surface area contributed by atoms with Crippen molar-refractivity contribution in [2.24, 2.45) is 0 Å². The molecule has 0 unspecified atom stereocenters. The number of anilines is 1. The van der Waals surface area contributed by atoms with Crippen molar-refractivity contribution in [1.29, 1.82) is 5.26 Å². The number of aromatic amines is 1. The lowest BCUT2D eigenvalue weighted by Gasteiger charge is -2.11. The van der Waals surface area contributed by atoms with Gasteiger partial charge in [-0.15, -0.1) is 0 Å². The Balaban J connectivity index is 1.90. The van der Waals surface area contributed by atoms with Gasteiger partial charge in [-0.05, 0) is 43.5 Å². The van der Waals surface area contributed by atoms with Crippen LogP contribution in [-0.2, 0) is 20.7 Å². The molecule has 1 aromatic heterocycles. The van der Waals surface area contributed by atoms with E-state index in [0.717, 1.165) is 0 Å². The zero-order valence-electron chi connectivity index (χ0n) is 14.9. The lowest BCUT2D eigenvalue weighted by molar-refractivity contribution is -0.147. The fraction of sp³-hybridized carbons (Fsp3) is 0.263. The second-order valence-electron chi connectivity index (χ2n) is 5.86. The Hall–Kier alpha value is -3.47. The molecule has 0 saturated heterocycles. The summed E-state index contributed by atoms with van der Waals surface area (Å²) in [7, 11) is 0. The summed E-state index contributed by atoms with van der Waals surface area (Å²) >= 11 is 0. The Bertz CT molecular complexity index is 976. The first kappa shape index (κ1) is 19.8. The van der Waals surface area contributed by atoms with Crippen LogP contribution in [0.15, 0.2) is 29.1 Å². The van der Waals surface area contributed by atoms with E-state index in [4.69, 9.17) is 10.00 Å². The number of carbonyl (C=O) groups excluding carboxylic acids is 2. The van der Waals surface area contributed by atoms with Crippen molar-refractivity contribution < 1.29 is 18.7 Å². The lowest BCUT2D eigenvalue weighted by Crippen LogP contribution is -2.22. The van der Waals surface area contributed by atoms with Crippen LogP contribution in [-0.4, -0.2) is 23.5 Å². The van der Waals surface area contributed by atoms with Gasteiger partial charge >= 0.3 is 5.97 Å². The first-order valence-corrected chi connectivity index (χ1v) is 8.16. The highest BCUT2D eigenvalue weighted by atomic mass is 19.1. The van der Waals surface area contributed by atoms with Gasteiger partial charge in [0.1, 0.15) is 17.4 Å². The van der Waals surface area contributed by atoms with Crippen molar-refractivity contribution in [1.82, 2.24) is 4.98 Å². The number of H-pyrrole nitrogens is 1. The second-order valence-corrected chi connectivity index (χ2v) is 5.86. The molecule has 7 nitrogen and oxygen atoms in total. The molecule has 0 fully saturated rings. The Morgan fingerprint density at radius 1 is 1.30 bits per heavy atom. The SMILES string of the molecule is Cc1[nH]c(=O)c(C#N)c(C)c1CCC(=O)OCC(=O)Nc1ccccc1F. The number of para-hydroxylation sites is 1. The third-order valence-electron chi connectivity index (χ3n) is 4.01. The number of nitriles is 1. The van der Waals surface area contributed by atoms with Crippen LogP contribution < -0.4 is 10.9 Å². The van der Waals surface area contributed by atoms with Crippen molar-refractivity contribution in [3.8, 4) is 6.07 Å². The van der Waals surface area contributed by atoms with E-state index in [9.17, 15) is 18.8 Å². The number of nitrogens with one attached hydrogen (secondary N) is 2. The highest BCUT2D eigenvalue weighted by Crippen LogP contribution is 2.15. The van der Waals surface area contributed by atoms with Crippen LogP contribution in [0.4, 0.5) is 10.1 Å². The van der Waals surface area contributed by atoms with Crippen LogP contribution in [0.25, 0.3) is 0 Å². The van der Waals surface area contributed by atoms with Crippen molar-refractivity contribution in [2.45, 2.75) is 26.7 Å². The predicted octanol–water partition coefficient (Wildman–Crippen LogP) is 2.12. The van der Waals surface area contributed by atoms with Crippen LogP contribution in [0.5, 0.6) is 0 Å². The zero-order valence-corrected chi connectivity index (χ0v) is 14.9. The number of hydrogen-bond donors (Lipinski definition) is 2. The van der Waals surface area contributed by atoms with Crippen LogP contribution in [0, 0.1) is 31.0 Å². The molecule has 0 spiro atoms. The van der Waals surface area contributed by atoms with Gasteiger partial charge in [-0.25, -0.2) is 4.39 Å². The molecule has 2 rings (SSSR count). The molecule has 1 aromatic carbocycles. The summed E-state index contributed by atoms with van der Waals surface area (Å²) in [6.07, 6.45) is 0.211. The summed E-state index contributed by atoms with van der Waals surface area (Å²) in [4.78, 5) is 37.9. The molecule has 0 aliphatic carbocycles. The molecule has 2 aromatic rings. The van der Waals surface area contributed by atoms with Crippen LogP contribution in [0.1, 0.15) is 28.8 Å². The topological polar surface area (TPSA) is 112 Å². The number of amides is 1. The van der Waals surface area contributed by atoms with Gasteiger partial charge in [0, 0.05) is 12.1 Å².